The van der Waals surface area contributed by atoms with E-state index >= 15 is 0 Å². The third kappa shape index (κ3) is 3.40. The minimum Gasteiger partial charge on any atom is -0.338 e. The lowest BCUT2D eigenvalue weighted by Crippen LogP contribution is -2.60. The van der Waals surface area contributed by atoms with Gasteiger partial charge in [-0.3, -0.25) is 9.69 Å². The fourth-order valence-electron chi connectivity index (χ4n) is 5.94. The number of nitriles is 1. The van der Waals surface area contributed by atoms with Crippen LogP contribution in [0.5, 0.6) is 0 Å². The molecule has 5 rings (SSSR count). The topological polar surface area (TPSA) is 47.3 Å². The van der Waals surface area contributed by atoms with Gasteiger partial charge in [-0.05, 0) is 61.3 Å². The van der Waals surface area contributed by atoms with Crippen molar-refractivity contribution in [3.63, 3.8) is 0 Å². The molecule has 0 unspecified atom stereocenters. The molecule has 3 aliphatic rings. The van der Waals surface area contributed by atoms with Crippen LogP contribution in [0.3, 0.4) is 0 Å². The van der Waals surface area contributed by atoms with Crippen LogP contribution in [-0.4, -0.2) is 41.4 Å². The summed E-state index contributed by atoms with van der Waals surface area (Å²) in [6.45, 7) is 2.37. The van der Waals surface area contributed by atoms with Gasteiger partial charge in [-0.2, -0.15) is 5.26 Å². The number of fused-ring (bicyclic) bond motifs is 4. The zero-order chi connectivity index (χ0) is 20.7. The van der Waals surface area contributed by atoms with Gasteiger partial charge in [0.15, 0.2) is 0 Å². The van der Waals surface area contributed by atoms with Crippen molar-refractivity contribution >= 4 is 5.91 Å². The molecular weight excluding hydrogens is 377 g/mol. The number of likely N-dealkylation sites (tertiary alicyclic amines) is 1. The summed E-state index contributed by atoms with van der Waals surface area (Å²) >= 11 is 0. The summed E-state index contributed by atoms with van der Waals surface area (Å²) in [7, 11) is 0. The summed E-state index contributed by atoms with van der Waals surface area (Å²) < 4.78 is 14.4. The molecule has 2 bridgehead atoms. The first kappa shape index (κ1) is 19.3. The van der Waals surface area contributed by atoms with Crippen molar-refractivity contribution in [3.8, 4) is 6.07 Å². The lowest BCUT2D eigenvalue weighted by Gasteiger charge is -2.55. The normalized spacial score (nSPS) is 28.5. The lowest BCUT2D eigenvalue weighted by molar-refractivity contribution is -0.0512. The molecule has 4 atom stereocenters. The summed E-state index contributed by atoms with van der Waals surface area (Å²) in [6, 6.07) is 17.8. The smallest absolute Gasteiger partial charge is 0.256 e. The van der Waals surface area contributed by atoms with Gasteiger partial charge in [0.2, 0.25) is 0 Å². The zero-order valence-corrected chi connectivity index (χ0v) is 17.0. The molecule has 5 heteroatoms. The molecule has 4 nitrogen and oxygen atoms in total. The highest BCUT2D eigenvalue weighted by atomic mass is 19.1. The Morgan fingerprint density at radius 2 is 1.90 bits per heavy atom. The Hall–Kier alpha value is -2.71. The van der Waals surface area contributed by atoms with Crippen molar-refractivity contribution in [2.45, 2.75) is 37.8 Å². The Kier molecular flexibility index (Phi) is 5.04. The van der Waals surface area contributed by atoms with Crippen LogP contribution in [0.25, 0.3) is 0 Å². The molecule has 3 fully saturated rings. The molecule has 30 heavy (non-hydrogen) atoms. The minimum absolute atomic E-state index is 0.0802. The van der Waals surface area contributed by atoms with Gasteiger partial charge in [0, 0.05) is 31.7 Å². The first-order chi connectivity index (χ1) is 14.6. The minimum atomic E-state index is -0.599. The van der Waals surface area contributed by atoms with Crippen molar-refractivity contribution in [2.24, 2.45) is 11.8 Å². The van der Waals surface area contributed by atoms with Gasteiger partial charge < -0.3 is 4.90 Å². The number of nitrogens with zero attached hydrogens (tertiary/aromatic N) is 3. The second-order valence-electron chi connectivity index (χ2n) is 9.00. The largest absolute Gasteiger partial charge is 0.338 e. The summed E-state index contributed by atoms with van der Waals surface area (Å²) in [5.74, 6) is 0.0258. The van der Waals surface area contributed by atoms with Crippen molar-refractivity contribution in [1.29, 1.82) is 5.26 Å². The molecular formula is C25H26FN3O. The average Bonchev–Trinajstić information content (AvgIpc) is 2.78. The number of hydrogen-bond donors (Lipinski definition) is 0. The summed E-state index contributed by atoms with van der Waals surface area (Å²) in [6.07, 6.45) is 4.73. The number of carbonyl (C=O) groups excluding carboxylic acids is 1. The van der Waals surface area contributed by atoms with E-state index in [1.807, 2.05) is 11.0 Å². The highest BCUT2D eigenvalue weighted by Crippen LogP contribution is 2.44. The molecule has 0 radical (unpaired) electrons. The van der Waals surface area contributed by atoms with E-state index in [1.165, 1.54) is 37.0 Å². The Bertz CT molecular complexity index is 986. The highest BCUT2D eigenvalue weighted by molar-refractivity contribution is 5.94. The van der Waals surface area contributed by atoms with E-state index in [9.17, 15) is 9.18 Å². The quantitative estimate of drug-likeness (QED) is 0.747. The Labute approximate surface area is 176 Å². The SMILES string of the molecule is N#Cc1ccc(C(=O)N2C[C@@H]3C[C@H](C2)[C@@H]2CCC[C@H](c4ccccc4)N2C3)c(F)c1. The average molecular weight is 404 g/mol. The predicted molar refractivity (Wildman–Crippen MR) is 112 cm³/mol. The maximum Gasteiger partial charge on any atom is 0.256 e. The van der Waals surface area contributed by atoms with Crippen molar-refractivity contribution in [2.75, 3.05) is 19.6 Å². The number of carbonyl (C=O) groups is 1. The van der Waals surface area contributed by atoms with Crippen molar-refractivity contribution in [1.82, 2.24) is 9.80 Å². The molecule has 154 valence electrons. The van der Waals surface area contributed by atoms with E-state index < -0.39 is 5.82 Å². The number of halogens is 1. The maximum absolute atomic E-state index is 14.4. The van der Waals surface area contributed by atoms with Crippen LogP contribution in [0.15, 0.2) is 48.5 Å². The Balaban J connectivity index is 1.36. The van der Waals surface area contributed by atoms with Crippen LogP contribution >= 0.6 is 0 Å². The van der Waals surface area contributed by atoms with E-state index in [-0.39, 0.29) is 17.0 Å². The van der Waals surface area contributed by atoms with E-state index in [0.29, 0.717) is 37.0 Å². The van der Waals surface area contributed by atoms with E-state index in [4.69, 9.17) is 5.26 Å². The maximum atomic E-state index is 14.4. The molecule has 2 aromatic carbocycles. The first-order valence-corrected chi connectivity index (χ1v) is 10.9. The predicted octanol–water partition coefficient (Wildman–Crippen LogP) is 4.39. The standard InChI is InChI=1S/C25H26FN3O/c26-22-12-17(13-27)9-10-21(22)25(30)28-14-18-11-20(16-28)24-8-4-7-23(29(24)15-18)19-5-2-1-3-6-19/h1-3,5-6,9-10,12,18,20,23-24H,4,7-8,11,14-16H2/t18-,20+,23+,24-/m0/s1. The monoisotopic (exact) mass is 403 g/mol. The van der Waals surface area contributed by atoms with Crippen LogP contribution in [0.1, 0.15) is 53.2 Å². The van der Waals surface area contributed by atoms with Gasteiger partial charge in [-0.1, -0.05) is 30.3 Å². The van der Waals surface area contributed by atoms with Crippen molar-refractivity contribution < 1.29 is 9.18 Å². The number of hydrogen-bond acceptors (Lipinski definition) is 3. The number of piperidine rings is 3. The summed E-state index contributed by atoms with van der Waals surface area (Å²) in [5, 5.41) is 8.95. The molecule has 3 saturated heterocycles. The molecule has 0 aliphatic carbocycles. The summed E-state index contributed by atoms with van der Waals surface area (Å²) in [4.78, 5) is 17.6. The highest BCUT2D eigenvalue weighted by Gasteiger charge is 2.45. The Morgan fingerprint density at radius 1 is 1.07 bits per heavy atom. The molecule has 0 N–H and O–H groups in total. The second-order valence-corrected chi connectivity index (χ2v) is 9.00. The van der Waals surface area contributed by atoms with E-state index in [2.05, 4.69) is 35.2 Å². The van der Waals surface area contributed by atoms with Gasteiger partial charge in [0.05, 0.1) is 17.2 Å². The van der Waals surface area contributed by atoms with Crippen LogP contribution in [0.4, 0.5) is 4.39 Å². The van der Waals surface area contributed by atoms with Crippen LogP contribution < -0.4 is 0 Å². The molecule has 3 aliphatic heterocycles. The zero-order valence-electron chi connectivity index (χ0n) is 17.0. The fraction of sp³-hybridized carbons (Fsp3) is 0.440. The summed E-state index contributed by atoms with van der Waals surface area (Å²) in [5.41, 5.74) is 1.72. The van der Waals surface area contributed by atoms with Gasteiger partial charge in [0.25, 0.3) is 5.91 Å². The molecule has 3 heterocycles. The molecule has 2 aromatic rings. The van der Waals surface area contributed by atoms with Crippen LogP contribution in [0.2, 0.25) is 0 Å². The first-order valence-electron chi connectivity index (χ1n) is 10.9. The second kappa shape index (κ2) is 7.85. The molecule has 0 aromatic heterocycles. The number of rotatable bonds is 2. The molecule has 1 amide bonds. The molecule has 0 saturated carbocycles. The lowest BCUT2D eigenvalue weighted by atomic mass is 9.74. The van der Waals surface area contributed by atoms with Crippen LogP contribution in [0, 0.1) is 29.0 Å². The van der Waals surface area contributed by atoms with Gasteiger partial charge >= 0.3 is 0 Å². The van der Waals surface area contributed by atoms with E-state index in [1.54, 1.807) is 0 Å². The fourth-order valence-corrected chi connectivity index (χ4v) is 5.94. The Morgan fingerprint density at radius 3 is 2.67 bits per heavy atom. The van der Waals surface area contributed by atoms with Crippen LogP contribution in [-0.2, 0) is 0 Å². The third-order valence-electron chi connectivity index (χ3n) is 7.19. The van der Waals surface area contributed by atoms with Gasteiger partial charge in [-0.25, -0.2) is 4.39 Å². The number of amides is 1. The third-order valence-corrected chi connectivity index (χ3v) is 7.19. The van der Waals surface area contributed by atoms with Gasteiger partial charge in [-0.15, -0.1) is 0 Å². The number of benzene rings is 2. The van der Waals surface area contributed by atoms with Crippen molar-refractivity contribution in [3.05, 3.63) is 71.0 Å². The van der Waals surface area contributed by atoms with E-state index in [0.717, 1.165) is 19.0 Å². The molecule has 0 spiro atoms. The van der Waals surface area contributed by atoms with Gasteiger partial charge in [0.1, 0.15) is 5.82 Å².